The van der Waals surface area contributed by atoms with E-state index in [-0.39, 0.29) is 5.84 Å². The summed E-state index contributed by atoms with van der Waals surface area (Å²) in [4.78, 5) is 0. The molecule has 1 heterocycles. The van der Waals surface area contributed by atoms with E-state index in [0.717, 1.165) is 0 Å². The van der Waals surface area contributed by atoms with Crippen molar-refractivity contribution in [3.63, 3.8) is 0 Å². The topological polar surface area (TPSA) is 72.5 Å². The minimum Gasteiger partial charge on any atom is -0.478 e. The fraction of sp³-hybridized carbons (Fsp3) is 0.300. The molecule has 2 N–H and O–H groups in total. The zero-order valence-corrected chi connectivity index (χ0v) is 8.61. The third-order valence-electron chi connectivity index (χ3n) is 2.34. The number of para-hydroxylation sites is 2. The molecule has 1 aromatic rings. The van der Waals surface area contributed by atoms with Crippen molar-refractivity contribution in [1.82, 2.24) is 0 Å². The Labute approximate surface area is 87.7 Å². The smallest absolute Gasteiger partial charge is 0.168 e. The van der Waals surface area contributed by atoms with Gasteiger partial charge in [-0.15, -0.1) is 0 Å². The third kappa shape index (κ3) is 1.36. The molecule has 78 valence electrons. The van der Waals surface area contributed by atoms with E-state index in [9.17, 15) is 0 Å². The van der Waals surface area contributed by atoms with Crippen molar-refractivity contribution >= 4 is 11.5 Å². The van der Waals surface area contributed by atoms with Gasteiger partial charge in [-0.25, -0.2) is 0 Å². The molecule has 0 unspecified atom stereocenters. The molecule has 0 radical (unpaired) electrons. The fourth-order valence-corrected chi connectivity index (χ4v) is 1.52. The highest BCUT2D eigenvalue weighted by atomic mass is 16.5. The van der Waals surface area contributed by atoms with Crippen LogP contribution in [0.2, 0.25) is 0 Å². The quantitative estimate of drug-likeness (QED) is 0.690. The van der Waals surface area contributed by atoms with Crippen molar-refractivity contribution < 1.29 is 4.74 Å². The normalized spacial score (nSPS) is 18.0. The number of rotatable bonds is 1. The Morgan fingerprint density at radius 3 is 2.67 bits per heavy atom. The summed E-state index contributed by atoms with van der Waals surface area (Å²) in [5.41, 5.74) is 6.97. The van der Waals surface area contributed by atoms with E-state index in [1.807, 2.05) is 18.2 Å². The minimum absolute atomic E-state index is 0.163. The average molecular weight is 204 g/mol. The van der Waals surface area contributed by atoms with Crippen molar-refractivity contribution in [2.75, 3.05) is 5.01 Å². The van der Waals surface area contributed by atoms with Gasteiger partial charge in [0, 0.05) is 0 Å². The standard InChI is InChI=1S/C10H12N4O/c1-10(2)9(11)14(13-12)7-5-3-4-6-8(7)15-10/h3-6,11-12H,1-2H3. The van der Waals surface area contributed by atoms with Crippen molar-refractivity contribution in [1.29, 1.82) is 10.9 Å². The minimum atomic E-state index is -0.751. The Bertz CT molecular complexity index is 427. The second-order valence-corrected chi connectivity index (χ2v) is 3.84. The van der Waals surface area contributed by atoms with E-state index in [4.69, 9.17) is 15.7 Å². The van der Waals surface area contributed by atoms with E-state index >= 15 is 0 Å². The number of ether oxygens (including phenoxy) is 1. The Morgan fingerprint density at radius 1 is 1.33 bits per heavy atom. The third-order valence-corrected chi connectivity index (χ3v) is 2.34. The number of nitrogens with zero attached hydrogens (tertiary/aromatic N) is 2. The number of benzene rings is 1. The molecule has 0 amide bonds. The van der Waals surface area contributed by atoms with Crippen LogP contribution < -0.4 is 9.75 Å². The number of nitrogens with one attached hydrogen (secondary N) is 2. The van der Waals surface area contributed by atoms with Crippen LogP contribution in [0.4, 0.5) is 5.69 Å². The lowest BCUT2D eigenvalue weighted by Gasteiger charge is -2.37. The van der Waals surface area contributed by atoms with Crippen molar-refractivity contribution in [2.45, 2.75) is 19.4 Å². The molecule has 0 bridgehead atoms. The van der Waals surface area contributed by atoms with Crippen molar-refractivity contribution in [2.24, 2.45) is 5.22 Å². The zero-order valence-electron chi connectivity index (χ0n) is 8.61. The van der Waals surface area contributed by atoms with Gasteiger partial charge >= 0.3 is 0 Å². The first-order valence-electron chi connectivity index (χ1n) is 4.61. The Morgan fingerprint density at radius 2 is 2.00 bits per heavy atom. The predicted molar refractivity (Wildman–Crippen MR) is 56.5 cm³/mol. The maximum Gasteiger partial charge on any atom is 0.168 e. The fourth-order valence-electron chi connectivity index (χ4n) is 1.52. The van der Waals surface area contributed by atoms with Gasteiger partial charge in [-0.2, -0.15) is 10.5 Å². The van der Waals surface area contributed by atoms with Crippen molar-refractivity contribution in [3.05, 3.63) is 24.3 Å². The predicted octanol–water partition coefficient (Wildman–Crippen LogP) is 2.59. The average Bonchev–Trinajstić information content (AvgIpc) is 2.19. The van der Waals surface area contributed by atoms with Gasteiger partial charge in [-0.05, 0) is 26.0 Å². The molecular formula is C10H12N4O. The molecule has 2 rings (SSSR count). The summed E-state index contributed by atoms with van der Waals surface area (Å²) >= 11 is 0. The molecule has 1 aromatic carbocycles. The molecule has 0 saturated carbocycles. The maximum atomic E-state index is 7.87. The van der Waals surface area contributed by atoms with Crippen LogP contribution in [0.1, 0.15) is 13.8 Å². The highest BCUT2D eigenvalue weighted by Gasteiger charge is 2.37. The molecule has 0 spiro atoms. The molecule has 0 fully saturated rings. The van der Waals surface area contributed by atoms with Crippen LogP contribution in [0.3, 0.4) is 0 Å². The Kier molecular flexibility index (Phi) is 1.96. The van der Waals surface area contributed by atoms with Crippen LogP contribution in [-0.2, 0) is 0 Å². The van der Waals surface area contributed by atoms with Crippen LogP contribution in [0.5, 0.6) is 5.75 Å². The number of hydrogen-bond donors (Lipinski definition) is 2. The lowest BCUT2D eigenvalue weighted by atomic mass is 10.0. The van der Waals surface area contributed by atoms with Crippen LogP contribution in [-0.4, -0.2) is 11.4 Å². The lowest BCUT2D eigenvalue weighted by molar-refractivity contribution is 0.172. The molecular weight excluding hydrogens is 192 g/mol. The zero-order chi connectivity index (χ0) is 11.1. The van der Waals surface area contributed by atoms with E-state index in [1.165, 1.54) is 5.01 Å². The molecule has 1 aliphatic rings. The Balaban J connectivity index is 2.58. The maximum absolute atomic E-state index is 7.87. The van der Waals surface area contributed by atoms with Gasteiger partial charge in [-0.3, -0.25) is 5.41 Å². The van der Waals surface area contributed by atoms with Crippen LogP contribution in [0.25, 0.3) is 0 Å². The lowest BCUT2D eigenvalue weighted by Crippen LogP contribution is -2.49. The van der Waals surface area contributed by atoms with E-state index in [0.29, 0.717) is 11.4 Å². The van der Waals surface area contributed by atoms with Crippen LogP contribution >= 0.6 is 0 Å². The summed E-state index contributed by atoms with van der Waals surface area (Å²) in [6.45, 7) is 3.56. The molecule has 5 heteroatoms. The molecule has 15 heavy (non-hydrogen) atoms. The summed E-state index contributed by atoms with van der Waals surface area (Å²) in [5, 5.41) is 12.5. The van der Waals surface area contributed by atoms with Crippen LogP contribution in [0.15, 0.2) is 29.5 Å². The summed E-state index contributed by atoms with van der Waals surface area (Å²) in [7, 11) is 0. The van der Waals surface area contributed by atoms with Gasteiger partial charge in [0.05, 0.1) is 0 Å². The number of fused-ring (bicyclic) bond motifs is 1. The summed E-state index contributed by atoms with van der Waals surface area (Å²) in [6, 6.07) is 7.26. The summed E-state index contributed by atoms with van der Waals surface area (Å²) in [6.07, 6.45) is 0. The highest BCUT2D eigenvalue weighted by Crippen LogP contribution is 2.37. The molecule has 0 atom stereocenters. The number of amidine groups is 1. The number of hydrogen-bond acceptors (Lipinski definition) is 4. The SMILES string of the molecule is CC1(C)Oc2ccccc2N(N=N)C1=N. The summed E-state index contributed by atoms with van der Waals surface area (Å²) in [5.74, 6) is 0.811. The first kappa shape index (κ1) is 9.64. The van der Waals surface area contributed by atoms with Crippen LogP contribution in [0, 0.1) is 10.9 Å². The first-order valence-corrected chi connectivity index (χ1v) is 4.61. The molecule has 1 aliphatic heterocycles. The van der Waals surface area contributed by atoms with E-state index in [1.54, 1.807) is 19.9 Å². The Hall–Kier alpha value is -1.91. The van der Waals surface area contributed by atoms with Gasteiger partial charge in [0.1, 0.15) is 11.4 Å². The van der Waals surface area contributed by atoms with E-state index < -0.39 is 5.60 Å². The largest absolute Gasteiger partial charge is 0.478 e. The molecule has 0 aliphatic carbocycles. The monoisotopic (exact) mass is 204 g/mol. The second kappa shape index (κ2) is 3.05. The van der Waals surface area contributed by atoms with Gasteiger partial charge in [0.15, 0.2) is 11.4 Å². The molecule has 0 saturated heterocycles. The highest BCUT2D eigenvalue weighted by molar-refractivity contribution is 6.03. The van der Waals surface area contributed by atoms with Crippen molar-refractivity contribution in [3.8, 4) is 5.75 Å². The van der Waals surface area contributed by atoms with Gasteiger partial charge in [0.2, 0.25) is 0 Å². The van der Waals surface area contributed by atoms with E-state index in [2.05, 4.69) is 5.22 Å². The van der Waals surface area contributed by atoms with Gasteiger partial charge in [-0.1, -0.05) is 17.4 Å². The second-order valence-electron chi connectivity index (χ2n) is 3.84. The summed E-state index contributed by atoms with van der Waals surface area (Å²) < 4.78 is 5.65. The van der Waals surface area contributed by atoms with Gasteiger partial charge in [0.25, 0.3) is 0 Å². The molecule has 0 aromatic heterocycles. The molecule has 5 nitrogen and oxygen atoms in total. The van der Waals surface area contributed by atoms with Gasteiger partial charge < -0.3 is 4.74 Å². The first-order chi connectivity index (χ1) is 7.06. The number of anilines is 1.